The summed E-state index contributed by atoms with van der Waals surface area (Å²) in [4.78, 5) is 10.4. The second-order valence-electron chi connectivity index (χ2n) is 3.88. The van der Waals surface area contributed by atoms with E-state index in [4.69, 9.17) is 21.0 Å². The van der Waals surface area contributed by atoms with Crippen LogP contribution in [0.4, 0.5) is 0 Å². The summed E-state index contributed by atoms with van der Waals surface area (Å²) in [6.45, 7) is 5.30. The van der Waals surface area contributed by atoms with Crippen LogP contribution in [0.15, 0.2) is 0 Å². The zero-order valence-electron chi connectivity index (χ0n) is 10.3. The van der Waals surface area contributed by atoms with Crippen molar-refractivity contribution in [2.45, 2.75) is 32.4 Å². The number of hydrogen-bond donors (Lipinski definition) is 5. The van der Waals surface area contributed by atoms with Crippen molar-refractivity contribution < 1.29 is 14.6 Å². The Morgan fingerprint density at radius 3 is 2.53 bits per heavy atom. The Bertz CT molecular complexity index is 246. The van der Waals surface area contributed by atoms with Crippen molar-refractivity contribution >= 4 is 11.9 Å². The smallest absolute Gasteiger partial charge is 0.320 e. The van der Waals surface area contributed by atoms with E-state index in [2.05, 4.69) is 10.6 Å². The lowest BCUT2D eigenvalue weighted by molar-refractivity contribution is -0.138. The number of rotatable bonds is 8. The minimum absolute atomic E-state index is 0.148. The van der Waals surface area contributed by atoms with Crippen molar-refractivity contribution in [1.29, 1.82) is 5.41 Å². The molecule has 7 heteroatoms. The van der Waals surface area contributed by atoms with Gasteiger partial charge in [0, 0.05) is 13.1 Å². The van der Waals surface area contributed by atoms with Crippen LogP contribution in [-0.4, -0.2) is 48.9 Å². The highest BCUT2D eigenvalue weighted by atomic mass is 16.5. The fourth-order valence-corrected chi connectivity index (χ4v) is 1.01. The molecule has 0 aliphatic carbocycles. The third-order valence-electron chi connectivity index (χ3n) is 1.93. The molecule has 0 aromatic heterocycles. The van der Waals surface area contributed by atoms with E-state index in [0.717, 1.165) is 0 Å². The highest BCUT2D eigenvalue weighted by Crippen LogP contribution is 1.86. The van der Waals surface area contributed by atoms with Crippen LogP contribution in [-0.2, 0) is 9.53 Å². The summed E-state index contributed by atoms with van der Waals surface area (Å²) in [6, 6.07) is -0.889. The molecular formula is C10H22N4O3. The Hall–Kier alpha value is -1.34. The summed E-state index contributed by atoms with van der Waals surface area (Å²) in [6.07, 6.45) is 0.453. The van der Waals surface area contributed by atoms with Gasteiger partial charge in [0.1, 0.15) is 6.04 Å². The van der Waals surface area contributed by atoms with Crippen LogP contribution < -0.4 is 16.4 Å². The fourth-order valence-electron chi connectivity index (χ4n) is 1.01. The maximum Gasteiger partial charge on any atom is 0.320 e. The molecule has 0 fully saturated rings. The van der Waals surface area contributed by atoms with E-state index in [1.165, 1.54) is 0 Å². The van der Waals surface area contributed by atoms with E-state index < -0.39 is 12.0 Å². The van der Waals surface area contributed by atoms with Gasteiger partial charge < -0.3 is 26.2 Å². The highest BCUT2D eigenvalue weighted by Gasteiger charge is 2.10. The number of carboxylic acid groups (broad SMARTS) is 1. The topological polar surface area (TPSA) is 120 Å². The molecule has 0 spiro atoms. The summed E-state index contributed by atoms with van der Waals surface area (Å²) in [5, 5.41) is 21.5. The van der Waals surface area contributed by atoms with Crippen molar-refractivity contribution in [2.75, 3.05) is 19.7 Å². The van der Waals surface area contributed by atoms with Gasteiger partial charge in [0.15, 0.2) is 5.96 Å². The zero-order chi connectivity index (χ0) is 13.3. The standard InChI is InChI=1S/C10H22N4O3/c1-7(2)17-6-5-14-10(12)13-4-3-8(11)9(15)16/h7-8H,3-6,11H2,1-2H3,(H,15,16)(H3,12,13,14)/t8-/m0/s1. The molecule has 0 saturated heterocycles. The number of ether oxygens (including phenoxy) is 1. The lowest BCUT2D eigenvalue weighted by Gasteiger charge is -2.12. The number of nitrogens with two attached hydrogens (primary N) is 1. The molecule has 0 unspecified atom stereocenters. The Labute approximate surface area is 101 Å². The van der Waals surface area contributed by atoms with Gasteiger partial charge in [-0.15, -0.1) is 0 Å². The van der Waals surface area contributed by atoms with Gasteiger partial charge in [-0.3, -0.25) is 10.2 Å². The quantitative estimate of drug-likeness (QED) is 0.220. The van der Waals surface area contributed by atoms with Crippen molar-refractivity contribution in [1.82, 2.24) is 10.6 Å². The lowest BCUT2D eigenvalue weighted by atomic mass is 10.2. The van der Waals surface area contributed by atoms with Crippen LogP contribution in [0.5, 0.6) is 0 Å². The van der Waals surface area contributed by atoms with Gasteiger partial charge in [-0.05, 0) is 20.3 Å². The van der Waals surface area contributed by atoms with Crippen LogP contribution in [0, 0.1) is 5.41 Å². The summed E-state index contributed by atoms with van der Waals surface area (Å²) >= 11 is 0. The summed E-state index contributed by atoms with van der Waals surface area (Å²) in [7, 11) is 0. The average Bonchev–Trinajstić information content (AvgIpc) is 2.23. The van der Waals surface area contributed by atoms with Crippen molar-refractivity contribution in [2.24, 2.45) is 5.73 Å². The number of guanidine groups is 1. The molecule has 0 bridgehead atoms. The molecule has 0 aliphatic rings. The van der Waals surface area contributed by atoms with E-state index in [0.29, 0.717) is 19.7 Å². The third-order valence-corrected chi connectivity index (χ3v) is 1.93. The van der Waals surface area contributed by atoms with Crippen LogP contribution >= 0.6 is 0 Å². The number of hydrogen-bond acceptors (Lipinski definition) is 4. The summed E-state index contributed by atoms with van der Waals surface area (Å²) in [5.41, 5.74) is 5.31. The molecule has 0 radical (unpaired) electrons. The largest absolute Gasteiger partial charge is 0.480 e. The fraction of sp³-hybridized carbons (Fsp3) is 0.800. The first kappa shape index (κ1) is 15.7. The molecule has 0 aliphatic heterocycles. The number of carbonyl (C=O) groups is 1. The van der Waals surface area contributed by atoms with E-state index in [9.17, 15) is 4.79 Å². The normalized spacial score (nSPS) is 12.2. The molecule has 0 aromatic carbocycles. The molecule has 100 valence electrons. The zero-order valence-corrected chi connectivity index (χ0v) is 10.3. The van der Waals surface area contributed by atoms with Gasteiger partial charge in [0.05, 0.1) is 12.7 Å². The van der Waals surface area contributed by atoms with E-state index in [-0.39, 0.29) is 18.5 Å². The average molecular weight is 246 g/mol. The second-order valence-corrected chi connectivity index (χ2v) is 3.88. The number of aliphatic carboxylic acids is 1. The molecule has 0 aromatic rings. The Morgan fingerprint density at radius 2 is 2.00 bits per heavy atom. The monoisotopic (exact) mass is 246 g/mol. The van der Waals surface area contributed by atoms with Crippen molar-refractivity contribution in [3.8, 4) is 0 Å². The molecule has 7 nitrogen and oxygen atoms in total. The van der Waals surface area contributed by atoms with Crippen molar-refractivity contribution in [3.05, 3.63) is 0 Å². The predicted molar refractivity (Wildman–Crippen MR) is 65.0 cm³/mol. The molecule has 17 heavy (non-hydrogen) atoms. The van der Waals surface area contributed by atoms with E-state index >= 15 is 0 Å². The second kappa shape index (κ2) is 8.77. The van der Waals surface area contributed by atoms with Gasteiger partial charge in [-0.1, -0.05) is 0 Å². The van der Waals surface area contributed by atoms with Crippen molar-refractivity contribution in [3.63, 3.8) is 0 Å². The number of nitrogens with one attached hydrogen (secondary N) is 3. The molecule has 0 rings (SSSR count). The first-order valence-corrected chi connectivity index (χ1v) is 5.59. The third kappa shape index (κ3) is 9.58. The van der Waals surface area contributed by atoms with Gasteiger partial charge in [-0.2, -0.15) is 0 Å². The Kier molecular flexibility index (Phi) is 8.08. The highest BCUT2D eigenvalue weighted by molar-refractivity contribution is 5.76. The summed E-state index contributed by atoms with van der Waals surface area (Å²) in [5.74, 6) is -0.883. The van der Waals surface area contributed by atoms with Gasteiger partial charge in [0.2, 0.25) is 0 Å². The minimum atomic E-state index is -1.03. The molecule has 0 amide bonds. The maximum absolute atomic E-state index is 10.4. The van der Waals surface area contributed by atoms with Gasteiger partial charge >= 0.3 is 5.97 Å². The molecule has 6 N–H and O–H groups in total. The van der Waals surface area contributed by atoms with Crippen LogP contribution in [0.1, 0.15) is 20.3 Å². The first-order chi connectivity index (χ1) is 7.93. The van der Waals surface area contributed by atoms with Gasteiger partial charge in [0.25, 0.3) is 0 Å². The first-order valence-electron chi connectivity index (χ1n) is 5.59. The van der Waals surface area contributed by atoms with Crippen LogP contribution in [0.25, 0.3) is 0 Å². The van der Waals surface area contributed by atoms with E-state index in [1.54, 1.807) is 0 Å². The van der Waals surface area contributed by atoms with Gasteiger partial charge in [-0.25, -0.2) is 0 Å². The SMILES string of the molecule is CC(C)OCCNC(=N)NCC[C@H](N)C(=O)O. The Balaban J connectivity index is 3.44. The maximum atomic E-state index is 10.4. The van der Waals surface area contributed by atoms with Crippen LogP contribution in [0.3, 0.4) is 0 Å². The minimum Gasteiger partial charge on any atom is -0.480 e. The number of carboxylic acids is 1. The lowest BCUT2D eigenvalue weighted by Crippen LogP contribution is -2.41. The predicted octanol–water partition coefficient (Wildman–Crippen LogP) is -0.673. The molecular weight excluding hydrogens is 224 g/mol. The summed E-state index contributed by atoms with van der Waals surface area (Å²) < 4.78 is 5.28. The molecule has 0 saturated carbocycles. The molecule has 0 heterocycles. The van der Waals surface area contributed by atoms with Crippen LogP contribution in [0.2, 0.25) is 0 Å². The Morgan fingerprint density at radius 1 is 1.41 bits per heavy atom. The molecule has 1 atom stereocenters. The van der Waals surface area contributed by atoms with E-state index in [1.807, 2.05) is 13.8 Å².